The first-order valence-corrected chi connectivity index (χ1v) is 5.95. The van der Waals surface area contributed by atoms with Crippen molar-refractivity contribution in [3.05, 3.63) is 45.9 Å². The van der Waals surface area contributed by atoms with Gasteiger partial charge in [-0.2, -0.15) is 0 Å². The first-order chi connectivity index (χ1) is 6.90. The van der Waals surface area contributed by atoms with Crippen LogP contribution in [0.1, 0.15) is 29.5 Å². The highest BCUT2D eigenvalue weighted by Gasteiger charge is 2.04. The second-order valence-electron chi connectivity index (χ2n) is 3.49. The number of aromatic amines is 1. The van der Waals surface area contributed by atoms with Crippen molar-refractivity contribution in [2.24, 2.45) is 0 Å². The molecular formula is C12H15NS. The van der Waals surface area contributed by atoms with Gasteiger partial charge in [0.2, 0.25) is 0 Å². The molecule has 2 heterocycles. The van der Waals surface area contributed by atoms with Gasteiger partial charge in [-0.1, -0.05) is 19.4 Å². The molecule has 14 heavy (non-hydrogen) atoms. The lowest BCUT2D eigenvalue weighted by Crippen LogP contribution is -1.91. The zero-order valence-corrected chi connectivity index (χ0v) is 9.23. The lowest BCUT2D eigenvalue weighted by atomic mass is 10.1. The van der Waals surface area contributed by atoms with E-state index in [4.69, 9.17) is 0 Å². The molecule has 0 amide bonds. The van der Waals surface area contributed by atoms with Crippen molar-refractivity contribution in [1.82, 2.24) is 4.98 Å². The Morgan fingerprint density at radius 1 is 1.36 bits per heavy atom. The molecule has 0 aliphatic heterocycles. The minimum absolute atomic E-state index is 1.06. The lowest BCUT2D eigenvalue weighted by molar-refractivity contribution is 0.903. The number of aromatic nitrogens is 1. The van der Waals surface area contributed by atoms with Gasteiger partial charge < -0.3 is 4.98 Å². The molecule has 2 aromatic rings. The van der Waals surface area contributed by atoms with Crippen LogP contribution in [0, 0.1) is 0 Å². The molecule has 1 nitrogen and oxygen atoms in total. The number of thiophene rings is 1. The highest BCUT2D eigenvalue weighted by molar-refractivity contribution is 7.09. The fourth-order valence-corrected chi connectivity index (χ4v) is 2.41. The van der Waals surface area contributed by atoms with E-state index in [1.807, 2.05) is 17.5 Å². The van der Waals surface area contributed by atoms with Crippen LogP contribution in [0.3, 0.4) is 0 Å². The van der Waals surface area contributed by atoms with E-state index in [2.05, 4.69) is 35.5 Å². The summed E-state index contributed by atoms with van der Waals surface area (Å²) in [7, 11) is 0. The topological polar surface area (TPSA) is 15.8 Å². The van der Waals surface area contributed by atoms with Crippen molar-refractivity contribution in [1.29, 1.82) is 0 Å². The van der Waals surface area contributed by atoms with Gasteiger partial charge in [0, 0.05) is 23.2 Å². The maximum Gasteiger partial charge on any atom is 0.0232 e. The van der Waals surface area contributed by atoms with Crippen molar-refractivity contribution >= 4 is 11.3 Å². The molecule has 74 valence electrons. The van der Waals surface area contributed by atoms with Crippen molar-refractivity contribution in [2.45, 2.75) is 26.2 Å². The van der Waals surface area contributed by atoms with Crippen LogP contribution in [0.4, 0.5) is 0 Å². The minimum Gasteiger partial charge on any atom is -0.364 e. The fraction of sp³-hybridized carbons (Fsp3) is 0.333. The molecular weight excluding hydrogens is 190 g/mol. The molecule has 2 aromatic heterocycles. The van der Waals surface area contributed by atoms with Gasteiger partial charge in [0.1, 0.15) is 0 Å². The van der Waals surface area contributed by atoms with Gasteiger partial charge in [-0.05, 0) is 29.5 Å². The second-order valence-corrected chi connectivity index (χ2v) is 4.52. The normalized spacial score (nSPS) is 10.6. The van der Waals surface area contributed by atoms with Gasteiger partial charge >= 0.3 is 0 Å². The lowest BCUT2D eigenvalue weighted by Gasteiger charge is -2.00. The van der Waals surface area contributed by atoms with Crippen molar-refractivity contribution in [2.75, 3.05) is 0 Å². The van der Waals surface area contributed by atoms with Crippen LogP contribution in [0.5, 0.6) is 0 Å². The molecule has 2 rings (SSSR count). The van der Waals surface area contributed by atoms with Crippen LogP contribution >= 0.6 is 11.3 Å². The zero-order chi connectivity index (χ0) is 9.80. The molecule has 2 heteroatoms. The zero-order valence-electron chi connectivity index (χ0n) is 8.42. The highest BCUT2D eigenvalue weighted by Crippen LogP contribution is 2.17. The van der Waals surface area contributed by atoms with E-state index in [1.165, 1.54) is 29.0 Å². The average Bonchev–Trinajstić information content (AvgIpc) is 2.80. The van der Waals surface area contributed by atoms with Crippen LogP contribution < -0.4 is 0 Å². The molecule has 0 saturated carbocycles. The van der Waals surface area contributed by atoms with Crippen molar-refractivity contribution in [3.8, 4) is 0 Å². The summed E-state index contributed by atoms with van der Waals surface area (Å²) in [5, 5.41) is 2.14. The Hall–Kier alpha value is -1.02. The van der Waals surface area contributed by atoms with E-state index < -0.39 is 0 Å². The largest absolute Gasteiger partial charge is 0.364 e. The quantitative estimate of drug-likeness (QED) is 0.784. The van der Waals surface area contributed by atoms with E-state index in [0.29, 0.717) is 0 Å². The highest BCUT2D eigenvalue weighted by atomic mass is 32.1. The third-order valence-electron chi connectivity index (χ3n) is 2.38. The Balaban J connectivity index is 2.12. The summed E-state index contributed by atoms with van der Waals surface area (Å²) in [5.74, 6) is 0. The van der Waals surface area contributed by atoms with Gasteiger partial charge in [-0.25, -0.2) is 0 Å². The first kappa shape index (κ1) is 9.53. The molecule has 0 aromatic carbocycles. The monoisotopic (exact) mass is 205 g/mol. The smallest absolute Gasteiger partial charge is 0.0232 e. The van der Waals surface area contributed by atoms with Crippen molar-refractivity contribution in [3.63, 3.8) is 0 Å². The Bertz CT molecular complexity index is 373. The van der Waals surface area contributed by atoms with Crippen LogP contribution in [-0.2, 0) is 12.8 Å². The summed E-state index contributed by atoms with van der Waals surface area (Å²) in [5.41, 5.74) is 2.86. The number of hydrogen-bond donors (Lipinski definition) is 1. The van der Waals surface area contributed by atoms with E-state index in [1.54, 1.807) is 0 Å². The number of rotatable bonds is 4. The number of hydrogen-bond acceptors (Lipinski definition) is 1. The maximum absolute atomic E-state index is 3.34. The second kappa shape index (κ2) is 4.47. The van der Waals surface area contributed by atoms with Crippen LogP contribution in [0.2, 0.25) is 0 Å². The molecule has 0 saturated heterocycles. The van der Waals surface area contributed by atoms with E-state index >= 15 is 0 Å². The molecule has 0 unspecified atom stereocenters. The molecule has 0 spiro atoms. The SMILES string of the molecule is CCCc1cc[nH]c1Cc1cccs1. The Labute approximate surface area is 88.8 Å². The van der Waals surface area contributed by atoms with Crippen LogP contribution in [-0.4, -0.2) is 4.98 Å². The summed E-state index contributed by atoms with van der Waals surface area (Å²) < 4.78 is 0. The summed E-state index contributed by atoms with van der Waals surface area (Å²) >= 11 is 1.83. The van der Waals surface area contributed by atoms with E-state index in [0.717, 1.165) is 6.42 Å². The maximum atomic E-state index is 3.34. The summed E-state index contributed by atoms with van der Waals surface area (Å²) in [4.78, 5) is 4.77. The van der Waals surface area contributed by atoms with Gasteiger partial charge in [-0.15, -0.1) is 11.3 Å². The Kier molecular flexibility index (Phi) is 3.04. The average molecular weight is 205 g/mol. The Morgan fingerprint density at radius 2 is 2.29 bits per heavy atom. The Morgan fingerprint density at radius 3 is 3.00 bits per heavy atom. The molecule has 0 aliphatic carbocycles. The van der Waals surface area contributed by atoms with E-state index in [9.17, 15) is 0 Å². The van der Waals surface area contributed by atoms with Gasteiger partial charge in [-0.3, -0.25) is 0 Å². The van der Waals surface area contributed by atoms with Gasteiger partial charge in [0.15, 0.2) is 0 Å². The van der Waals surface area contributed by atoms with Crippen LogP contribution in [0.15, 0.2) is 29.8 Å². The van der Waals surface area contributed by atoms with E-state index in [-0.39, 0.29) is 0 Å². The summed E-state index contributed by atoms with van der Waals surface area (Å²) in [6.07, 6.45) is 5.51. The molecule has 0 bridgehead atoms. The number of nitrogens with one attached hydrogen (secondary N) is 1. The molecule has 0 atom stereocenters. The number of aryl methyl sites for hydroxylation is 1. The standard InChI is InChI=1S/C12H15NS/c1-2-4-10-6-7-13-12(10)9-11-5-3-8-14-11/h3,5-8,13H,2,4,9H2,1H3. The molecule has 0 radical (unpaired) electrons. The molecule has 0 fully saturated rings. The summed E-state index contributed by atoms with van der Waals surface area (Å²) in [6.45, 7) is 2.22. The van der Waals surface area contributed by atoms with Gasteiger partial charge in [0.05, 0.1) is 0 Å². The first-order valence-electron chi connectivity index (χ1n) is 5.07. The third-order valence-corrected chi connectivity index (χ3v) is 3.26. The summed E-state index contributed by atoms with van der Waals surface area (Å²) in [6, 6.07) is 6.51. The fourth-order valence-electron chi connectivity index (χ4n) is 1.69. The molecule has 1 N–H and O–H groups in total. The minimum atomic E-state index is 1.06. The predicted octanol–water partition coefficient (Wildman–Crippen LogP) is 3.62. The number of H-pyrrole nitrogens is 1. The van der Waals surface area contributed by atoms with Gasteiger partial charge in [0.25, 0.3) is 0 Å². The predicted molar refractivity (Wildman–Crippen MR) is 61.9 cm³/mol. The third kappa shape index (κ3) is 2.07. The van der Waals surface area contributed by atoms with Crippen molar-refractivity contribution < 1.29 is 0 Å². The molecule has 0 aliphatic rings. The van der Waals surface area contributed by atoms with Crippen LogP contribution in [0.25, 0.3) is 0 Å².